The number of nitrogens with zero attached hydrogens (tertiary/aromatic N) is 1. The van der Waals surface area contributed by atoms with Crippen LogP contribution in [0.3, 0.4) is 0 Å². The lowest BCUT2D eigenvalue weighted by molar-refractivity contribution is -0.142. The summed E-state index contributed by atoms with van der Waals surface area (Å²) in [6.45, 7) is 5.74. The van der Waals surface area contributed by atoms with Gasteiger partial charge in [0.25, 0.3) is 0 Å². The van der Waals surface area contributed by atoms with Crippen LogP contribution in [-0.4, -0.2) is 27.4 Å². The van der Waals surface area contributed by atoms with Crippen molar-refractivity contribution in [3.63, 3.8) is 0 Å². The van der Waals surface area contributed by atoms with Gasteiger partial charge in [-0.3, -0.25) is 9.59 Å². The molecule has 2 rings (SSSR count). The molecule has 20 heavy (non-hydrogen) atoms. The van der Waals surface area contributed by atoms with Crippen LogP contribution in [0.5, 0.6) is 0 Å². The van der Waals surface area contributed by atoms with Gasteiger partial charge in [0, 0.05) is 17.0 Å². The van der Waals surface area contributed by atoms with Crippen molar-refractivity contribution in [3.8, 4) is 0 Å². The number of carbonyl (C=O) groups is 2. The molecule has 0 radical (unpaired) electrons. The molecule has 0 spiro atoms. The molecule has 2 atom stereocenters. The fourth-order valence-corrected chi connectivity index (χ4v) is 2.91. The van der Waals surface area contributed by atoms with E-state index in [1.54, 1.807) is 29.2 Å². The number of halogens is 1. The van der Waals surface area contributed by atoms with Crippen molar-refractivity contribution in [2.24, 2.45) is 5.92 Å². The van der Waals surface area contributed by atoms with E-state index in [2.05, 4.69) is 0 Å². The second-order valence-electron chi connectivity index (χ2n) is 6.08. The Morgan fingerprint density at radius 1 is 1.30 bits per heavy atom. The fraction of sp³-hybridized carbons (Fsp3) is 0.467. The zero-order valence-electron chi connectivity index (χ0n) is 11.8. The first kappa shape index (κ1) is 14.9. The number of carboxylic acids is 1. The molecule has 1 aliphatic heterocycles. The van der Waals surface area contributed by atoms with Crippen molar-refractivity contribution in [3.05, 3.63) is 34.9 Å². The van der Waals surface area contributed by atoms with Crippen LogP contribution in [0.25, 0.3) is 0 Å². The summed E-state index contributed by atoms with van der Waals surface area (Å²) in [6.07, 6.45) is 0.0416. The molecule has 5 heteroatoms. The van der Waals surface area contributed by atoms with Crippen LogP contribution >= 0.6 is 11.6 Å². The van der Waals surface area contributed by atoms with Gasteiger partial charge in [0.15, 0.2) is 0 Å². The molecule has 0 bridgehead atoms. The Kier molecular flexibility index (Phi) is 3.78. The van der Waals surface area contributed by atoms with Crippen molar-refractivity contribution in [2.45, 2.75) is 38.8 Å². The Balaban J connectivity index is 2.49. The Morgan fingerprint density at radius 2 is 1.85 bits per heavy atom. The minimum Gasteiger partial charge on any atom is -0.481 e. The molecule has 0 aliphatic carbocycles. The third-order valence-corrected chi connectivity index (χ3v) is 3.83. The fourth-order valence-electron chi connectivity index (χ4n) is 2.79. The minimum atomic E-state index is -0.940. The number of amides is 1. The van der Waals surface area contributed by atoms with E-state index in [9.17, 15) is 14.7 Å². The van der Waals surface area contributed by atoms with Gasteiger partial charge in [-0.15, -0.1) is 0 Å². The smallest absolute Gasteiger partial charge is 0.309 e. The van der Waals surface area contributed by atoms with Crippen LogP contribution in [0, 0.1) is 5.92 Å². The van der Waals surface area contributed by atoms with E-state index in [0.29, 0.717) is 5.02 Å². The average molecular weight is 296 g/mol. The van der Waals surface area contributed by atoms with Crippen molar-refractivity contribution < 1.29 is 14.7 Å². The molecule has 1 saturated heterocycles. The van der Waals surface area contributed by atoms with Gasteiger partial charge in [-0.1, -0.05) is 23.7 Å². The molecular weight excluding hydrogens is 278 g/mol. The van der Waals surface area contributed by atoms with Crippen LogP contribution in [0.15, 0.2) is 24.3 Å². The van der Waals surface area contributed by atoms with E-state index in [-0.39, 0.29) is 12.3 Å². The Hall–Kier alpha value is -1.55. The number of likely N-dealkylation sites (tertiary alicyclic amines) is 1. The Morgan fingerprint density at radius 3 is 2.30 bits per heavy atom. The highest BCUT2D eigenvalue weighted by Gasteiger charge is 2.48. The van der Waals surface area contributed by atoms with E-state index < -0.39 is 23.5 Å². The number of aliphatic carboxylic acids is 1. The molecule has 2 unspecified atom stereocenters. The molecule has 108 valence electrons. The molecule has 0 saturated carbocycles. The van der Waals surface area contributed by atoms with Gasteiger partial charge >= 0.3 is 5.97 Å². The first-order valence-corrected chi connectivity index (χ1v) is 6.90. The summed E-state index contributed by atoms with van der Waals surface area (Å²) in [5.41, 5.74) is 0.383. The standard InChI is InChI=1S/C15H18ClNO3/c1-15(2,3)17-12(18)8-11(14(19)20)13(17)9-4-6-10(16)7-5-9/h4-7,11,13H,8H2,1-3H3,(H,19,20). The summed E-state index contributed by atoms with van der Waals surface area (Å²) in [5.74, 6) is -1.78. The molecular formula is C15H18ClNO3. The summed E-state index contributed by atoms with van der Waals surface area (Å²) in [5, 5.41) is 9.99. The van der Waals surface area contributed by atoms with Gasteiger partial charge in [-0.25, -0.2) is 0 Å². The molecule has 1 amide bonds. The lowest BCUT2D eigenvalue weighted by atomic mass is 9.92. The first-order chi connectivity index (χ1) is 9.21. The molecule has 4 nitrogen and oxygen atoms in total. The second-order valence-corrected chi connectivity index (χ2v) is 6.52. The highest BCUT2D eigenvalue weighted by atomic mass is 35.5. The summed E-state index contributed by atoms with van der Waals surface area (Å²) < 4.78 is 0. The minimum absolute atomic E-state index is 0.0416. The SMILES string of the molecule is CC(C)(C)N1C(=O)CC(C(=O)O)C1c1ccc(Cl)cc1. The summed E-state index contributed by atoms with van der Waals surface area (Å²) in [6, 6.07) is 6.58. The van der Waals surface area contributed by atoms with Crippen molar-refractivity contribution >= 4 is 23.5 Å². The van der Waals surface area contributed by atoms with Crippen molar-refractivity contribution in [1.29, 1.82) is 0 Å². The zero-order valence-corrected chi connectivity index (χ0v) is 12.5. The molecule has 1 N–H and O–H groups in total. The molecule has 1 aliphatic rings. The van der Waals surface area contributed by atoms with E-state index in [0.717, 1.165) is 5.56 Å². The number of hydrogen-bond acceptors (Lipinski definition) is 2. The maximum absolute atomic E-state index is 12.2. The third-order valence-electron chi connectivity index (χ3n) is 3.57. The van der Waals surface area contributed by atoms with Crippen LogP contribution in [0.4, 0.5) is 0 Å². The average Bonchev–Trinajstić information content (AvgIpc) is 2.67. The maximum atomic E-state index is 12.2. The number of hydrogen-bond donors (Lipinski definition) is 1. The summed E-state index contributed by atoms with van der Waals surface area (Å²) in [4.78, 5) is 25.4. The zero-order chi connectivity index (χ0) is 15.1. The van der Waals surface area contributed by atoms with E-state index in [1.165, 1.54) is 0 Å². The van der Waals surface area contributed by atoms with Crippen LogP contribution in [0.1, 0.15) is 38.8 Å². The van der Waals surface area contributed by atoms with Crippen molar-refractivity contribution in [2.75, 3.05) is 0 Å². The largest absolute Gasteiger partial charge is 0.481 e. The number of carbonyl (C=O) groups excluding carboxylic acids is 1. The third kappa shape index (κ3) is 2.66. The molecule has 1 aromatic carbocycles. The Bertz CT molecular complexity index is 533. The Labute approximate surface area is 123 Å². The van der Waals surface area contributed by atoms with Gasteiger partial charge in [-0.05, 0) is 38.5 Å². The first-order valence-electron chi connectivity index (χ1n) is 6.52. The van der Waals surface area contributed by atoms with E-state index >= 15 is 0 Å². The lowest BCUT2D eigenvalue weighted by Crippen LogP contribution is -2.44. The highest BCUT2D eigenvalue weighted by Crippen LogP contribution is 2.42. The van der Waals surface area contributed by atoms with Gasteiger partial charge in [0.05, 0.1) is 12.0 Å². The van der Waals surface area contributed by atoms with Crippen molar-refractivity contribution in [1.82, 2.24) is 4.90 Å². The van der Waals surface area contributed by atoms with Crippen LogP contribution < -0.4 is 0 Å². The van der Waals surface area contributed by atoms with Gasteiger partial charge in [0.1, 0.15) is 0 Å². The summed E-state index contributed by atoms with van der Waals surface area (Å²) >= 11 is 5.88. The molecule has 1 heterocycles. The van der Waals surface area contributed by atoms with Crippen LogP contribution in [-0.2, 0) is 9.59 Å². The number of benzene rings is 1. The summed E-state index contributed by atoms with van der Waals surface area (Å²) in [7, 11) is 0. The van der Waals surface area contributed by atoms with Gasteiger partial charge in [0.2, 0.25) is 5.91 Å². The lowest BCUT2D eigenvalue weighted by Gasteiger charge is -2.38. The highest BCUT2D eigenvalue weighted by molar-refractivity contribution is 6.30. The van der Waals surface area contributed by atoms with Gasteiger partial charge in [-0.2, -0.15) is 0 Å². The predicted octanol–water partition coefficient (Wildman–Crippen LogP) is 3.11. The molecule has 0 aromatic heterocycles. The molecule has 1 fully saturated rings. The van der Waals surface area contributed by atoms with E-state index in [1.807, 2.05) is 20.8 Å². The molecule has 1 aromatic rings. The second kappa shape index (κ2) is 5.09. The maximum Gasteiger partial charge on any atom is 0.309 e. The number of rotatable bonds is 2. The predicted molar refractivity (Wildman–Crippen MR) is 76.5 cm³/mol. The van der Waals surface area contributed by atoms with E-state index in [4.69, 9.17) is 11.6 Å². The normalized spacial score (nSPS) is 23.2. The van der Waals surface area contributed by atoms with Gasteiger partial charge < -0.3 is 10.0 Å². The van der Waals surface area contributed by atoms with Crippen LogP contribution in [0.2, 0.25) is 5.02 Å². The topological polar surface area (TPSA) is 57.6 Å². The quantitative estimate of drug-likeness (QED) is 0.912. The number of carboxylic acid groups (broad SMARTS) is 1. The monoisotopic (exact) mass is 295 g/mol.